The first-order valence-electron chi connectivity index (χ1n) is 7.12. The summed E-state index contributed by atoms with van der Waals surface area (Å²) in [4.78, 5) is 30.3. The topological polar surface area (TPSA) is 86.1 Å². The molecule has 2 aliphatic heterocycles. The molecule has 3 rings (SSSR count). The highest BCUT2D eigenvalue weighted by molar-refractivity contribution is 6.02. The van der Waals surface area contributed by atoms with Gasteiger partial charge in [0.15, 0.2) is 0 Å². The van der Waals surface area contributed by atoms with Gasteiger partial charge in [-0.1, -0.05) is 0 Å². The Bertz CT molecular complexity index is 635. The number of nitrogens with one attached hydrogen (secondary N) is 1. The van der Waals surface area contributed by atoms with Crippen LogP contribution in [0.25, 0.3) is 0 Å². The molecule has 0 saturated carbocycles. The van der Waals surface area contributed by atoms with Crippen LogP contribution in [-0.4, -0.2) is 41.3 Å². The summed E-state index contributed by atoms with van der Waals surface area (Å²) >= 11 is 0. The van der Waals surface area contributed by atoms with E-state index in [9.17, 15) is 9.59 Å². The predicted octanol–water partition coefficient (Wildman–Crippen LogP) is 0.743. The van der Waals surface area contributed by atoms with Crippen LogP contribution in [0.1, 0.15) is 39.1 Å². The third kappa shape index (κ3) is 2.47. The predicted molar refractivity (Wildman–Crippen MR) is 74.5 cm³/mol. The number of pyridine rings is 1. The Morgan fingerprint density at radius 2 is 2.38 bits per heavy atom. The summed E-state index contributed by atoms with van der Waals surface area (Å²) in [7, 11) is 0. The van der Waals surface area contributed by atoms with Crippen molar-refractivity contribution in [1.82, 2.24) is 15.2 Å². The molecule has 0 radical (unpaired) electrons. The summed E-state index contributed by atoms with van der Waals surface area (Å²) in [6.07, 6.45) is 5.07. The van der Waals surface area contributed by atoms with Gasteiger partial charge in [-0.25, -0.2) is 0 Å². The lowest BCUT2D eigenvalue weighted by Gasteiger charge is -2.22. The molecule has 0 aliphatic carbocycles. The van der Waals surface area contributed by atoms with Gasteiger partial charge in [-0.05, 0) is 24.3 Å². The number of carbonyl (C=O) groups is 2. The molecule has 3 heterocycles. The number of fused-ring (bicyclic) bond motifs is 1. The fourth-order valence-electron chi connectivity index (χ4n) is 3.02. The minimum atomic E-state index is -0.165. The third-order valence-electron chi connectivity index (χ3n) is 4.15. The standard InChI is InChI=1S/C15H16N4O2/c16-4-1-10-3-6-19(9-10)15(21)13-8-17-7-12-11(13)2-5-18-14(12)20/h7-8,10H,1-3,5-6,9H2,(H,18,20). The molecule has 0 spiro atoms. The van der Waals surface area contributed by atoms with Gasteiger partial charge in [-0.15, -0.1) is 0 Å². The molecule has 21 heavy (non-hydrogen) atoms. The van der Waals surface area contributed by atoms with Crippen molar-refractivity contribution in [2.45, 2.75) is 19.3 Å². The summed E-state index contributed by atoms with van der Waals surface area (Å²) in [6.45, 7) is 1.83. The number of hydrogen-bond donors (Lipinski definition) is 1. The molecule has 1 aromatic heterocycles. The Morgan fingerprint density at radius 1 is 1.52 bits per heavy atom. The van der Waals surface area contributed by atoms with E-state index in [1.807, 2.05) is 0 Å². The molecule has 2 amide bonds. The van der Waals surface area contributed by atoms with Crippen molar-refractivity contribution in [2.75, 3.05) is 19.6 Å². The van der Waals surface area contributed by atoms with Gasteiger partial charge in [0.05, 0.1) is 17.2 Å². The van der Waals surface area contributed by atoms with Crippen LogP contribution in [0.2, 0.25) is 0 Å². The molecule has 1 saturated heterocycles. The Hall–Kier alpha value is -2.42. The molecular formula is C15H16N4O2. The molecule has 2 aliphatic rings. The highest BCUT2D eigenvalue weighted by Crippen LogP contribution is 2.24. The Kier molecular flexibility index (Phi) is 3.57. The first-order valence-corrected chi connectivity index (χ1v) is 7.12. The van der Waals surface area contributed by atoms with E-state index in [2.05, 4.69) is 16.4 Å². The van der Waals surface area contributed by atoms with E-state index in [1.165, 1.54) is 6.20 Å². The van der Waals surface area contributed by atoms with Gasteiger partial charge in [0, 0.05) is 38.4 Å². The Balaban J connectivity index is 1.85. The van der Waals surface area contributed by atoms with E-state index in [-0.39, 0.29) is 17.7 Å². The minimum Gasteiger partial charge on any atom is -0.352 e. The normalized spacial score (nSPS) is 20.6. The number of amides is 2. The van der Waals surface area contributed by atoms with Crippen LogP contribution in [0, 0.1) is 17.2 Å². The van der Waals surface area contributed by atoms with Gasteiger partial charge in [0.2, 0.25) is 0 Å². The molecule has 1 aromatic rings. The summed E-state index contributed by atoms with van der Waals surface area (Å²) in [5.74, 6) is 0.0198. The number of likely N-dealkylation sites (tertiary alicyclic amines) is 1. The highest BCUT2D eigenvalue weighted by Gasteiger charge is 2.30. The van der Waals surface area contributed by atoms with Crippen LogP contribution < -0.4 is 5.32 Å². The number of hydrogen-bond acceptors (Lipinski definition) is 4. The minimum absolute atomic E-state index is 0.0745. The highest BCUT2D eigenvalue weighted by atomic mass is 16.2. The first-order chi connectivity index (χ1) is 10.2. The molecule has 0 bridgehead atoms. The van der Waals surface area contributed by atoms with E-state index in [4.69, 9.17) is 5.26 Å². The number of aromatic nitrogens is 1. The molecule has 1 fully saturated rings. The molecule has 0 aromatic carbocycles. The molecule has 6 nitrogen and oxygen atoms in total. The van der Waals surface area contributed by atoms with Crippen molar-refractivity contribution >= 4 is 11.8 Å². The number of nitrogens with zero attached hydrogens (tertiary/aromatic N) is 3. The lowest BCUT2D eigenvalue weighted by atomic mass is 9.97. The van der Waals surface area contributed by atoms with E-state index >= 15 is 0 Å². The zero-order valence-electron chi connectivity index (χ0n) is 11.6. The lowest BCUT2D eigenvalue weighted by molar-refractivity contribution is 0.0785. The maximum Gasteiger partial charge on any atom is 0.255 e. The monoisotopic (exact) mass is 284 g/mol. The smallest absolute Gasteiger partial charge is 0.255 e. The zero-order valence-corrected chi connectivity index (χ0v) is 11.6. The second-order valence-corrected chi connectivity index (χ2v) is 5.49. The van der Waals surface area contributed by atoms with E-state index < -0.39 is 0 Å². The van der Waals surface area contributed by atoms with E-state index in [0.717, 1.165) is 12.0 Å². The van der Waals surface area contributed by atoms with E-state index in [1.54, 1.807) is 11.1 Å². The molecule has 1 N–H and O–H groups in total. The second-order valence-electron chi connectivity index (χ2n) is 5.49. The fourth-order valence-corrected chi connectivity index (χ4v) is 3.02. The van der Waals surface area contributed by atoms with Crippen molar-refractivity contribution < 1.29 is 9.59 Å². The fraction of sp³-hybridized carbons (Fsp3) is 0.467. The van der Waals surface area contributed by atoms with Gasteiger partial charge < -0.3 is 10.2 Å². The number of nitriles is 1. The quantitative estimate of drug-likeness (QED) is 0.868. The number of rotatable bonds is 2. The lowest BCUT2D eigenvalue weighted by Crippen LogP contribution is -2.35. The summed E-state index contributed by atoms with van der Waals surface area (Å²) in [5.41, 5.74) is 1.82. The first kappa shape index (κ1) is 13.6. The van der Waals surface area contributed by atoms with Gasteiger partial charge in [-0.3, -0.25) is 14.6 Å². The van der Waals surface area contributed by atoms with Crippen molar-refractivity contribution in [3.05, 3.63) is 29.1 Å². The van der Waals surface area contributed by atoms with Gasteiger partial charge in [0.25, 0.3) is 11.8 Å². The number of carbonyl (C=O) groups excluding carboxylic acids is 2. The van der Waals surface area contributed by atoms with Crippen molar-refractivity contribution in [3.8, 4) is 6.07 Å². The van der Waals surface area contributed by atoms with Crippen molar-refractivity contribution in [2.24, 2.45) is 5.92 Å². The van der Waals surface area contributed by atoms with Gasteiger partial charge in [0.1, 0.15) is 0 Å². The van der Waals surface area contributed by atoms with Gasteiger partial charge in [-0.2, -0.15) is 5.26 Å². The zero-order chi connectivity index (χ0) is 14.8. The summed E-state index contributed by atoms with van der Waals surface area (Å²) in [5, 5.41) is 11.5. The van der Waals surface area contributed by atoms with E-state index in [0.29, 0.717) is 43.6 Å². The SMILES string of the molecule is N#CCC1CCN(C(=O)c2cncc3c2CCNC3=O)C1. The van der Waals surface area contributed by atoms with Crippen molar-refractivity contribution in [1.29, 1.82) is 5.26 Å². The van der Waals surface area contributed by atoms with Crippen LogP contribution in [-0.2, 0) is 6.42 Å². The maximum absolute atomic E-state index is 12.6. The molecule has 6 heteroatoms. The maximum atomic E-state index is 12.6. The summed E-state index contributed by atoms with van der Waals surface area (Å²) in [6, 6.07) is 2.16. The van der Waals surface area contributed by atoms with Crippen LogP contribution >= 0.6 is 0 Å². The molecule has 1 unspecified atom stereocenters. The molecular weight excluding hydrogens is 268 g/mol. The molecule has 108 valence electrons. The largest absolute Gasteiger partial charge is 0.352 e. The average molecular weight is 284 g/mol. The third-order valence-corrected chi connectivity index (χ3v) is 4.15. The molecule has 1 atom stereocenters. The van der Waals surface area contributed by atoms with Crippen LogP contribution in [0.4, 0.5) is 0 Å². The Morgan fingerprint density at radius 3 is 3.19 bits per heavy atom. The van der Waals surface area contributed by atoms with Crippen LogP contribution in [0.3, 0.4) is 0 Å². The Labute approximate surface area is 122 Å². The van der Waals surface area contributed by atoms with Crippen LogP contribution in [0.15, 0.2) is 12.4 Å². The summed E-state index contributed by atoms with van der Waals surface area (Å²) < 4.78 is 0. The van der Waals surface area contributed by atoms with Crippen molar-refractivity contribution in [3.63, 3.8) is 0 Å². The second kappa shape index (κ2) is 5.52. The van der Waals surface area contributed by atoms with Gasteiger partial charge >= 0.3 is 0 Å². The van der Waals surface area contributed by atoms with Crippen LogP contribution in [0.5, 0.6) is 0 Å². The average Bonchev–Trinajstić information content (AvgIpc) is 2.96.